The van der Waals surface area contributed by atoms with Crippen molar-refractivity contribution in [2.24, 2.45) is 0 Å². The van der Waals surface area contributed by atoms with Gasteiger partial charge in [0.25, 0.3) is 0 Å². The first-order valence-corrected chi connectivity index (χ1v) is 30.8. The lowest BCUT2D eigenvalue weighted by atomic mass is 10.0. The van der Waals surface area contributed by atoms with E-state index in [0.29, 0.717) is 19.3 Å². The average Bonchev–Trinajstić information content (AvgIpc) is 3.44. The number of esters is 3. The van der Waals surface area contributed by atoms with Gasteiger partial charge in [-0.1, -0.05) is 274 Å². The summed E-state index contributed by atoms with van der Waals surface area (Å²) in [6, 6.07) is 0. The van der Waals surface area contributed by atoms with Gasteiger partial charge in [-0.05, 0) is 122 Å². The molecule has 0 spiro atoms. The third kappa shape index (κ3) is 61.4. The number of allylic oxidation sites excluding steroid dienone is 29. The zero-order chi connectivity index (χ0) is 56.4. The molecule has 1 atom stereocenters. The fourth-order valence-electron chi connectivity index (χ4n) is 7.66. The van der Waals surface area contributed by atoms with Crippen molar-refractivity contribution < 1.29 is 28.6 Å². The minimum absolute atomic E-state index is 0.0796. The van der Waals surface area contributed by atoms with Crippen LogP contribution in [0.4, 0.5) is 0 Å². The summed E-state index contributed by atoms with van der Waals surface area (Å²) in [6.07, 6.45) is 96.4. The lowest BCUT2D eigenvalue weighted by molar-refractivity contribution is -0.166. The van der Waals surface area contributed by atoms with Gasteiger partial charge in [-0.25, -0.2) is 0 Å². The van der Waals surface area contributed by atoms with Gasteiger partial charge in [0.15, 0.2) is 6.10 Å². The molecule has 0 radical (unpaired) electrons. The van der Waals surface area contributed by atoms with Crippen molar-refractivity contribution in [1.82, 2.24) is 0 Å². The van der Waals surface area contributed by atoms with Gasteiger partial charge in [0, 0.05) is 12.8 Å². The Labute approximate surface area is 478 Å². The number of carbonyl (C=O) groups is 3. The van der Waals surface area contributed by atoms with Gasteiger partial charge in [-0.3, -0.25) is 14.4 Å². The summed E-state index contributed by atoms with van der Waals surface area (Å²) in [7, 11) is 0. The topological polar surface area (TPSA) is 78.9 Å². The van der Waals surface area contributed by atoms with Crippen LogP contribution in [0, 0.1) is 0 Å². The van der Waals surface area contributed by atoms with Crippen LogP contribution in [0.3, 0.4) is 0 Å². The second kappa shape index (κ2) is 64.0. The van der Waals surface area contributed by atoms with Crippen molar-refractivity contribution in [2.75, 3.05) is 13.2 Å². The van der Waals surface area contributed by atoms with Gasteiger partial charge < -0.3 is 14.2 Å². The highest BCUT2D eigenvalue weighted by Gasteiger charge is 2.19. The Balaban J connectivity index is 4.45. The summed E-state index contributed by atoms with van der Waals surface area (Å²) < 4.78 is 16.7. The highest BCUT2D eigenvalue weighted by Crippen LogP contribution is 2.14. The molecular weight excluding hydrogens is 961 g/mol. The first-order chi connectivity index (χ1) is 38.5. The van der Waals surface area contributed by atoms with E-state index in [1.165, 1.54) is 57.8 Å². The summed E-state index contributed by atoms with van der Waals surface area (Å²) >= 11 is 0. The fourth-order valence-corrected chi connectivity index (χ4v) is 7.66. The van der Waals surface area contributed by atoms with Gasteiger partial charge in [0.05, 0.1) is 6.42 Å². The molecule has 0 fully saturated rings. The van der Waals surface area contributed by atoms with Crippen LogP contribution in [0.25, 0.3) is 0 Å². The summed E-state index contributed by atoms with van der Waals surface area (Å²) in [4.78, 5) is 38.1. The first kappa shape index (κ1) is 72.5. The molecule has 0 aliphatic rings. The van der Waals surface area contributed by atoms with E-state index in [0.717, 1.165) is 122 Å². The van der Waals surface area contributed by atoms with Gasteiger partial charge in [-0.2, -0.15) is 0 Å². The number of rotatable bonds is 53. The number of carbonyl (C=O) groups excluding carboxylic acids is 3. The highest BCUT2D eigenvalue weighted by molar-refractivity contribution is 5.72. The maximum Gasteiger partial charge on any atom is 0.310 e. The molecule has 0 heterocycles. The Morgan fingerprint density at radius 3 is 0.846 bits per heavy atom. The predicted molar refractivity (Wildman–Crippen MR) is 338 cm³/mol. The Morgan fingerprint density at radius 1 is 0.282 bits per heavy atom. The van der Waals surface area contributed by atoms with Gasteiger partial charge in [0.1, 0.15) is 13.2 Å². The first-order valence-electron chi connectivity index (χ1n) is 30.8. The third-order valence-electron chi connectivity index (χ3n) is 12.2. The quantitative estimate of drug-likeness (QED) is 0.0261. The molecule has 0 saturated carbocycles. The van der Waals surface area contributed by atoms with Crippen molar-refractivity contribution in [3.8, 4) is 0 Å². The van der Waals surface area contributed by atoms with Crippen LogP contribution in [0.2, 0.25) is 0 Å². The molecule has 0 aliphatic heterocycles. The third-order valence-corrected chi connectivity index (χ3v) is 12.2. The maximum atomic E-state index is 12.8. The van der Waals surface area contributed by atoms with Crippen molar-refractivity contribution in [3.05, 3.63) is 182 Å². The summed E-state index contributed by atoms with van der Waals surface area (Å²) in [5.41, 5.74) is 0. The van der Waals surface area contributed by atoms with E-state index >= 15 is 0 Å². The molecule has 78 heavy (non-hydrogen) atoms. The molecule has 6 heteroatoms. The second-order valence-corrected chi connectivity index (χ2v) is 19.5. The van der Waals surface area contributed by atoms with E-state index in [4.69, 9.17) is 14.2 Å². The minimum Gasteiger partial charge on any atom is -0.462 e. The van der Waals surface area contributed by atoms with Crippen molar-refractivity contribution in [2.45, 2.75) is 239 Å². The average molecular weight is 1070 g/mol. The van der Waals surface area contributed by atoms with Crippen LogP contribution in [0.15, 0.2) is 182 Å². The molecule has 0 N–H and O–H groups in total. The Kier molecular flexibility index (Phi) is 59.5. The van der Waals surface area contributed by atoms with Crippen molar-refractivity contribution >= 4 is 17.9 Å². The van der Waals surface area contributed by atoms with Gasteiger partial charge in [-0.15, -0.1) is 0 Å². The van der Waals surface area contributed by atoms with E-state index in [1.807, 2.05) is 6.08 Å². The Hall–Kier alpha value is -5.49. The van der Waals surface area contributed by atoms with E-state index in [1.54, 1.807) is 6.08 Å². The van der Waals surface area contributed by atoms with E-state index in [-0.39, 0.29) is 38.0 Å². The molecule has 0 bridgehead atoms. The van der Waals surface area contributed by atoms with Crippen LogP contribution in [-0.4, -0.2) is 37.2 Å². The molecule has 6 nitrogen and oxygen atoms in total. The van der Waals surface area contributed by atoms with Crippen LogP contribution in [-0.2, 0) is 28.6 Å². The smallest absolute Gasteiger partial charge is 0.310 e. The zero-order valence-corrected chi connectivity index (χ0v) is 49.6. The number of hydrogen-bond donors (Lipinski definition) is 0. The van der Waals surface area contributed by atoms with Crippen molar-refractivity contribution in [3.63, 3.8) is 0 Å². The Bertz CT molecular complexity index is 1850. The normalized spacial score (nSPS) is 13.4. The maximum absolute atomic E-state index is 12.8. The molecule has 434 valence electrons. The van der Waals surface area contributed by atoms with Crippen LogP contribution >= 0.6 is 0 Å². The summed E-state index contributed by atoms with van der Waals surface area (Å²) in [5, 5.41) is 0. The zero-order valence-electron chi connectivity index (χ0n) is 49.6. The monoisotopic (exact) mass is 1070 g/mol. The van der Waals surface area contributed by atoms with E-state index in [2.05, 4.69) is 191 Å². The van der Waals surface area contributed by atoms with Crippen molar-refractivity contribution in [1.29, 1.82) is 0 Å². The molecule has 0 aliphatic carbocycles. The molecule has 0 aromatic rings. The van der Waals surface area contributed by atoms with Crippen LogP contribution < -0.4 is 0 Å². The molecule has 0 aromatic heterocycles. The number of ether oxygens (including phenoxy) is 3. The number of unbranched alkanes of at least 4 members (excludes halogenated alkanes) is 13. The van der Waals surface area contributed by atoms with E-state index in [9.17, 15) is 14.4 Å². The summed E-state index contributed by atoms with van der Waals surface area (Å²) in [5.74, 6) is -1.12. The fraction of sp³-hybridized carbons (Fsp3) is 0.542. The molecular formula is C72H110O6. The van der Waals surface area contributed by atoms with Gasteiger partial charge in [0.2, 0.25) is 0 Å². The molecule has 0 rings (SSSR count). The molecule has 0 saturated heterocycles. The SMILES string of the molecule is CC/C=C\C/C=C\C/C=C\C/C=C\C/C=C\C/C=C\C/C=C\C/C=C\C/C=C\C/C=C\CCCCC(=O)OCC(COC(=O)CCCCCCCCCCCCCC)OC(=O)C/C=C\C/C=C\C/C=C\C/C=C\C/C=C\CC. The minimum atomic E-state index is -0.858. The largest absolute Gasteiger partial charge is 0.462 e. The lowest BCUT2D eigenvalue weighted by Gasteiger charge is -2.18. The summed E-state index contributed by atoms with van der Waals surface area (Å²) in [6.45, 7) is 6.27. The number of hydrogen-bond acceptors (Lipinski definition) is 6. The predicted octanol–water partition coefficient (Wildman–Crippen LogP) is 21.3. The standard InChI is InChI=1S/C72H110O6/c1-4-7-10-13-16-19-22-25-27-28-29-30-31-32-33-34-35-36-37-38-39-40-41-42-43-44-46-47-50-53-56-59-62-65-71(74)77-68-69(67-76-70(73)64-61-58-55-52-49-24-21-18-15-12-9-6-3)78-72(75)66-63-60-57-54-51-48-45-26-23-20-17-14-11-8-5-2/h7-8,10-11,16-17,19-20,25-27,29-30,32-33,35-36,38-39,41-42,44-46,50-51,53-54,60,63,69H,4-6,9,12-15,18,21-24,28,31,34,37,40,43,47-49,52,55-59,61-62,64-68H2,1-3H3/b10-7-,11-8-,19-16-,20-17-,27-25-,30-29-,33-32-,36-35-,39-38-,42-41-,45-26-,46-44-,53-50-,54-51-,63-60-. The highest BCUT2D eigenvalue weighted by atomic mass is 16.6. The van der Waals surface area contributed by atoms with E-state index < -0.39 is 12.1 Å². The molecule has 0 aromatic carbocycles. The second-order valence-electron chi connectivity index (χ2n) is 19.5. The molecule has 0 amide bonds. The molecule has 1 unspecified atom stereocenters. The van der Waals surface area contributed by atoms with Crippen LogP contribution in [0.5, 0.6) is 0 Å². The Morgan fingerprint density at radius 2 is 0.538 bits per heavy atom. The van der Waals surface area contributed by atoms with Crippen LogP contribution in [0.1, 0.15) is 233 Å². The lowest BCUT2D eigenvalue weighted by Crippen LogP contribution is -2.30. The van der Waals surface area contributed by atoms with Gasteiger partial charge >= 0.3 is 17.9 Å².